The van der Waals surface area contributed by atoms with Crippen LogP contribution in [0.2, 0.25) is 0 Å². The number of alkyl halides is 2. The van der Waals surface area contributed by atoms with E-state index in [2.05, 4.69) is 0 Å². The van der Waals surface area contributed by atoms with E-state index in [0.29, 0.717) is 0 Å². The van der Waals surface area contributed by atoms with Crippen molar-refractivity contribution in [1.82, 2.24) is 4.90 Å². The summed E-state index contributed by atoms with van der Waals surface area (Å²) < 4.78 is 23.9. The Kier molecular flexibility index (Phi) is 4.45. The van der Waals surface area contributed by atoms with Gasteiger partial charge in [0.25, 0.3) is 6.43 Å². The van der Waals surface area contributed by atoms with E-state index in [1.807, 2.05) is 0 Å². The molecule has 5 heteroatoms. The monoisotopic (exact) mass is 208 g/mol. The van der Waals surface area contributed by atoms with Gasteiger partial charge in [0.1, 0.15) is 0 Å². The quantitative estimate of drug-likeness (QED) is 0.754. The summed E-state index contributed by atoms with van der Waals surface area (Å²) in [7, 11) is 1.33. The molecule has 0 unspecified atom stereocenters. The third-order valence-corrected chi connectivity index (χ3v) is 1.99. The molecule has 14 heavy (non-hydrogen) atoms. The molecule has 0 spiro atoms. The number of nitrogens with two attached hydrogens (primary N) is 1. The number of hydrogen-bond donors (Lipinski definition) is 1. The fourth-order valence-corrected chi connectivity index (χ4v) is 0.905. The van der Waals surface area contributed by atoms with Gasteiger partial charge in [0.2, 0.25) is 5.91 Å². The van der Waals surface area contributed by atoms with Gasteiger partial charge in [0.15, 0.2) is 0 Å². The molecule has 0 aliphatic rings. The zero-order valence-corrected chi connectivity index (χ0v) is 9.05. The summed E-state index contributed by atoms with van der Waals surface area (Å²) in [4.78, 5) is 12.5. The molecule has 2 N–H and O–H groups in total. The molecule has 0 rings (SSSR count). The molecule has 0 aromatic rings. The van der Waals surface area contributed by atoms with Gasteiger partial charge in [-0.15, -0.1) is 0 Å². The van der Waals surface area contributed by atoms with Crippen LogP contribution in [0, 0.1) is 5.41 Å². The van der Waals surface area contributed by atoms with Crippen molar-refractivity contribution >= 4 is 5.91 Å². The van der Waals surface area contributed by atoms with Crippen molar-refractivity contribution in [2.75, 3.05) is 13.6 Å². The summed E-state index contributed by atoms with van der Waals surface area (Å²) in [5.74, 6) is -0.446. The maximum absolute atomic E-state index is 12.0. The molecule has 0 bridgehead atoms. The van der Waals surface area contributed by atoms with Crippen molar-refractivity contribution in [2.24, 2.45) is 11.1 Å². The summed E-state index contributed by atoms with van der Waals surface area (Å²) in [6, 6.07) is -0.744. The molecule has 1 atom stereocenters. The number of nitrogens with zero attached hydrogens (tertiary/aromatic N) is 1. The van der Waals surface area contributed by atoms with Gasteiger partial charge in [-0.1, -0.05) is 20.8 Å². The van der Waals surface area contributed by atoms with Crippen LogP contribution in [0.1, 0.15) is 20.8 Å². The SMILES string of the molecule is CN(CC(F)F)C(=O)[C@H](N)C(C)(C)C. The molecule has 3 nitrogen and oxygen atoms in total. The molecule has 0 heterocycles. The van der Waals surface area contributed by atoms with E-state index in [9.17, 15) is 13.6 Å². The minimum absolute atomic E-state index is 0.409. The highest BCUT2D eigenvalue weighted by molar-refractivity contribution is 5.82. The Morgan fingerprint density at radius 1 is 1.43 bits per heavy atom. The first kappa shape index (κ1) is 13.3. The van der Waals surface area contributed by atoms with Crippen molar-refractivity contribution < 1.29 is 13.6 Å². The molecule has 0 saturated heterocycles. The Balaban J connectivity index is 4.32. The Morgan fingerprint density at radius 3 is 2.14 bits per heavy atom. The molecule has 84 valence electrons. The van der Waals surface area contributed by atoms with Gasteiger partial charge in [0.05, 0.1) is 12.6 Å². The molecule has 0 radical (unpaired) electrons. The number of carbonyl (C=O) groups excluding carboxylic acids is 1. The predicted molar refractivity (Wildman–Crippen MR) is 51.1 cm³/mol. The van der Waals surface area contributed by atoms with Gasteiger partial charge in [0, 0.05) is 7.05 Å². The Hall–Kier alpha value is -0.710. The fourth-order valence-electron chi connectivity index (χ4n) is 0.905. The topological polar surface area (TPSA) is 46.3 Å². The second kappa shape index (κ2) is 4.68. The first-order valence-corrected chi connectivity index (χ1v) is 4.45. The largest absolute Gasteiger partial charge is 0.339 e. The van der Waals surface area contributed by atoms with Crippen LogP contribution in [0.15, 0.2) is 0 Å². The Morgan fingerprint density at radius 2 is 1.86 bits per heavy atom. The van der Waals surface area contributed by atoms with Crippen LogP contribution in [0.5, 0.6) is 0 Å². The van der Waals surface area contributed by atoms with E-state index in [0.717, 1.165) is 4.90 Å². The average molecular weight is 208 g/mol. The van der Waals surface area contributed by atoms with Crippen molar-refractivity contribution in [3.63, 3.8) is 0 Å². The highest BCUT2D eigenvalue weighted by Crippen LogP contribution is 2.18. The van der Waals surface area contributed by atoms with Gasteiger partial charge in [-0.05, 0) is 5.41 Å². The Bertz CT molecular complexity index is 201. The van der Waals surface area contributed by atoms with Crippen LogP contribution in [0.4, 0.5) is 8.78 Å². The molecule has 0 aliphatic carbocycles. The molecule has 0 aliphatic heterocycles. The Labute approximate surface area is 83.3 Å². The molecule has 0 aromatic heterocycles. The molecular formula is C9H18F2N2O. The highest BCUT2D eigenvalue weighted by Gasteiger charge is 2.30. The lowest BCUT2D eigenvalue weighted by molar-refractivity contribution is -0.135. The number of rotatable bonds is 3. The number of halogens is 2. The van der Waals surface area contributed by atoms with Gasteiger partial charge >= 0.3 is 0 Å². The smallest absolute Gasteiger partial charge is 0.255 e. The van der Waals surface area contributed by atoms with Gasteiger partial charge < -0.3 is 10.6 Å². The van der Waals surface area contributed by atoms with Crippen molar-refractivity contribution in [1.29, 1.82) is 0 Å². The summed E-state index contributed by atoms with van der Waals surface area (Å²) in [5, 5.41) is 0. The average Bonchev–Trinajstić information content (AvgIpc) is 1.98. The van der Waals surface area contributed by atoms with Crippen molar-refractivity contribution in [3.05, 3.63) is 0 Å². The number of hydrogen-bond acceptors (Lipinski definition) is 2. The third kappa shape index (κ3) is 4.00. The van der Waals surface area contributed by atoms with Crippen molar-refractivity contribution in [2.45, 2.75) is 33.2 Å². The van der Waals surface area contributed by atoms with Gasteiger partial charge in [-0.3, -0.25) is 4.79 Å². The molecule has 0 saturated carbocycles. The summed E-state index contributed by atoms with van der Waals surface area (Å²) in [6.07, 6.45) is -2.52. The van der Waals surface area contributed by atoms with Crippen LogP contribution in [0.3, 0.4) is 0 Å². The van der Waals surface area contributed by atoms with E-state index in [4.69, 9.17) is 5.73 Å². The van der Waals surface area contributed by atoms with Crippen LogP contribution >= 0.6 is 0 Å². The van der Waals surface area contributed by atoms with Crippen LogP contribution in [-0.2, 0) is 4.79 Å². The van der Waals surface area contributed by atoms with E-state index in [1.165, 1.54) is 7.05 Å². The van der Waals surface area contributed by atoms with E-state index < -0.39 is 30.3 Å². The number of likely N-dealkylation sites (N-methyl/N-ethyl adjacent to an activating group) is 1. The lowest BCUT2D eigenvalue weighted by atomic mass is 9.86. The second-order valence-corrected chi connectivity index (χ2v) is 4.45. The minimum atomic E-state index is -2.52. The second-order valence-electron chi connectivity index (χ2n) is 4.45. The molecule has 1 amide bonds. The van der Waals surface area contributed by atoms with Crippen LogP contribution < -0.4 is 5.73 Å². The zero-order chi connectivity index (χ0) is 11.5. The predicted octanol–water partition coefficient (Wildman–Crippen LogP) is 1.08. The highest BCUT2D eigenvalue weighted by atomic mass is 19.3. The molecule has 0 aromatic carbocycles. The number of amides is 1. The maximum atomic E-state index is 12.0. The maximum Gasteiger partial charge on any atom is 0.255 e. The van der Waals surface area contributed by atoms with Crippen LogP contribution in [-0.4, -0.2) is 36.9 Å². The first-order chi connectivity index (χ1) is 6.16. The van der Waals surface area contributed by atoms with E-state index in [-0.39, 0.29) is 0 Å². The zero-order valence-electron chi connectivity index (χ0n) is 9.05. The summed E-state index contributed by atoms with van der Waals surface area (Å²) in [5.41, 5.74) is 5.23. The van der Waals surface area contributed by atoms with E-state index in [1.54, 1.807) is 20.8 Å². The lowest BCUT2D eigenvalue weighted by Crippen LogP contribution is -2.50. The lowest BCUT2D eigenvalue weighted by Gasteiger charge is -2.29. The summed E-state index contributed by atoms with van der Waals surface area (Å²) in [6.45, 7) is 4.83. The standard InChI is InChI=1S/C9H18F2N2O/c1-9(2,3)7(12)8(14)13(4)5-6(10)11/h6-7H,5,12H2,1-4H3/t7-/m0/s1. The number of carbonyl (C=O) groups is 1. The van der Waals surface area contributed by atoms with Crippen molar-refractivity contribution in [3.8, 4) is 0 Å². The normalized spacial score (nSPS) is 14.3. The molecule has 0 fully saturated rings. The third-order valence-electron chi connectivity index (χ3n) is 1.99. The fraction of sp³-hybridized carbons (Fsp3) is 0.889. The van der Waals surface area contributed by atoms with Gasteiger partial charge in [-0.25, -0.2) is 8.78 Å². The summed E-state index contributed by atoms with van der Waals surface area (Å²) >= 11 is 0. The van der Waals surface area contributed by atoms with Crippen LogP contribution in [0.25, 0.3) is 0 Å². The van der Waals surface area contributed by atoms with Gasteiger partial charge in [-0.2, -0.15) is 0 Å². The molecular weight excluding hydrogens is 190 g/mol. The first-order valence-electron chi connectivity index (χ1n) is 4.45. The van der Waals surface area contributed by atoms with E-state index >= 15 is 0 Å². The minimum Gasteiger partial charge on any atom is -0.339 e.